The molecule has 0 bridgehead atoms. The highest BCUT2D eigenvalue weighted by Gasteiger charge is 2.26. The van der Waals surface area contributed by atoms with Crippen molar-refractivity contribution in [3.63, 3.8) is 0 Å². The lowest BCUT2D eigenvalue weighted by Gasteiger charge is -2.30. The standard InChI is InChI=1S/C20H26FNO4/c1-13-5-3-4-6-17(13)22-20(25)14(2)26-19(24)12-11-18(23)15-7-9-16(21)10-8-15/h7-10,13-14,17H,3-6,11-12H2,1-2H3,(H,22,25)/t13-,14+,17-/m0/s1. The minimum atomic E-state index is -0.891. The summed E-state index contributed by atoms with van der Waals surface area (Å²) in [5.41, 5.74) is 0.344. The van der Waals surface area contributed by atoms with Gasteiger partial charge in [-0.25, -0.2) is 4.39 Å². The van der Waals surface area contributed by atoms with Gasteiger partial charge in [0.15, 0.2) is 11.9 Å². The molecule has 0 saturated heterocycles. The second kappa shape index (κ2) is 9.46. The van der Waals surface area contributed by atoms with Crippen LogP contribution < -0.4 is 5.32 Å². The molecule has 1 aliphatic carbocycles. The fraction of sp³-hybridized carbons (Fsp3) is 0.550. The molecule has 6 heteroatoms. The van der Waals surface area contributed by atoms with Gasteiger partial charge in [0, 0.05) is 18.0 Å². The van der Waals surface area contributed by atoms with Crippen molar-refractivity contribution in [3.8, 4) is 0 Å². The summed E-state index contributed by atoms with van der Waals surface area (Å²) in [4.78, 5) is 36.1. The van der Waals surface area contributed by atoms with Crippen LogP contribution in [0.1, 0.15) is 62.7 Å². The molecule has 5 nitrogen and oxygen atoms in total. The van der Waals surface area contributed by atoms with Gasteiger partial charge < -0.3 is 10.1 Å². The molecule has 0 spiro atoms. The molecule has 2 rings (SSSR count). The molecule has 0 unspecified atom stereocenters. The van der Waals surface area contributed by atoms with Crippen LogP contribution in [0.3, 0.4) is 0 Å². The van der Waals surface area contributed by atoms with E-state index in [2.05, 4.69) is 12.2 Å². The Morgan fingerprint density at radius 2 is 1.81 bits per heavy atom. The normalized spacial score (nSPS) is 20.9. The zero-order valence-electron chi connectivity index (χ0n) is 15.3. The van der Waals surface area contributed by atoms with Crippen molar-refractivity contribution in [1.29, 1.82) is 0 Å². The molecule has 0 radical (unpaired) electrons. The summed E-state index contributed by atoms with van der Waals surface area (Å²) < 4.78 is 18.0. The zero-order valence-corrected chi connectivity index (χ0v) is 15.3. The molecular weight excluding hydrogens is 337 g/mol. The number of carbonyl (C=O) groups is 3. The van der Waals surface area contributed by atoms with Crippen LogP contribution in [0, 0.1) is 11.7 Å². The van der Waals surface area contributed by atoms with Gasteiger partial charge in [-0.2, -0.15) is 0 Å². The summed E-state index contributed by atoms with van der Waals surface area (Å²) in [5, 5.41) is 2.95. The summed E-state index contributed by atoms with van der Waals surface area (Å²) in [6, 6.07) is 5.28. The Labute approximate surface area is 153 Å². The molecule has 0 aliphatic heterocycles. The number of ether oxygens (including phenoxy) is 1. The number of hydrogen-bond acceptors (Lipinski definition) is 4. The molecule has 3 atom stereocenters. The molecule has 1 aliphatic rings. The van der Waals surface area contributed by atoms with Crippen LogP contribution in [-0.4, -0.2) is 29.8 Å². The molecule has 1 saturated carbocycles. The summed E-state index contributed by atoms with van der Waals surface area (Å²) in [6.45, 7) is 3.64. The summed E-state index contributed by atoms with van der Waals surface area (Å²) in [6.07, 6.45) is 3.25. The third kappa shape index (κ3) is 5.93. The number of carbonyl (C=O) groups excluding carboxylic acids is 3. The smallest absolute Gasteiger partial charge is 0.307 e. The predicted octanol–water partition coefficient (Wildman–Crippen LogP) is 3.42. The van der Waals surface area contributed by atoms with Gasteiger partial charge in [0.25, 0.3) is 5.91 Å². The number of amides is 1. The van der Waals surface area contributed by atoms with E-state index in [4.69, 9.17) is 4.74 Å². The van der Waals surface area contributed by atoms with Crippen molar-refractivity contribution in [1.82, 2.24) is 5.32 Å². The van der Waals surface area contributed by atoms with Gasteiger partial charge in [0.05, 0.1) is 6.42 Å². The fourth-order valence-corrected chi connectivity index (χ4v) is 3.14. The number of Topliss-reactive ketones (excluding diaryl/α,β-unsaturated/α-hetero) is 1. The maximum atomic E-state index is 12.9. The van der Waals surface area contributed by atoms with Gasteiger partial charge in [0.1, 0.15) is 5.82 Å². The number of esters is 1. The van der Waals surface area contributed by atoms with Gasteiger partial charge in [-0.15, -0.1) is 0 Å². The highest BCUT2D eigenvalue weighted by Crippen LogP contribution is 2.23. The first-order chi connectivity index (χ1) is 12.4. The molecule has 1 N–H and O–H groups in total. The van der Waals surface area contributed by atoms with Crippen LogP contribution in [0.5, 0.6) is 0 Å². The van der Waals surface area contributed by atoms with Gasteiger partial charge >= 0.3 is 5.97 Å². The van der Waals surface area contributed by atoms with Crippen molar-refractivity contribution >= 4 is 17.7 Å². The minimum absolute atomic E-state index is 0.0432. The first kappa shape index (κ1) is 20.1. The number of rotatable bonds is 7. The van der Waals surface area contributed by atoms with E-state index in [1.54, 1.807) is 0 Å². The molecule has 0 aromatic heterocycles. The van der Waals surface area contributed by atoms with Crippen LogP contribution in [0.15, 0.2) is 24.3 Å². The second-order valence-electron chi connectivity index (χ2n) is 6.94. The average molecular weight is 363 g/mol. The Bertz CT molecular complexity index is 644. The van der Waals surface area contributed by atoms with Crippen molar-refractivity contribution in [2.45, 2.75) is 64.5 Å². The first-order valence-electron chi connectivity index (χ1n) is 9.15. The number of benzene rings is 1. The van der Waals surface area contributed by atoms with Gasteiger partial charge in [-0.1, -0.05) is 19.8 Å². The maximum absolute atomic E-state index is 12.9. The largest absolute Gasteiger partial charge is 0.453 e. The minimum Gasteiger partial charge on any atom is -0.453 e. The van der Waals surface area contributed by atoms with E-state index in [9.17, 15) is 18.8 Å². The number of nitrogens with one attached hydrogen (secondary N) is 1. The van der Waals surface area contributed by atoms with E-state index in [1.165, 1.54) is 37.6 Å². The third-order valence-corrected chi connectivity index (χ3v) is 4.84. The van der Waals surface area contributed by atoms with Gasteiger partial charge in [0.2, 0.25) is 0 Å². The summed E-state index contributed by atoms with van der Waals surface area (Å²) in [7, 11) is 0. The van der Waals surface area contributed by atoms with Crippen molar-refractivity contribution in [2.24, 2.45) is 5.92 Å². The molecule has 1 amide bonds. The highest BCUT2D eigenvalue weighted by atomic mass is 19.1. The lowest BCUT2D eigenvalue weighted by Crippen LogP contribution is -2.46. The van der Waals surface area contributed by atoms with E-state index in [-0.39, 0.29) is 30.6 Å². The van der Waals surface area contributed by atoms with Crippen LogP contribution in [0.25, 0.3) is 0 Å². The van der Waals surface area contributed by atoms with Crippen molar-refractivity contribution < 1.29 is 23.5 Å². The summed E-state index contributed by atoms with van der Waals surface area (Å²) in [5.74, 6) is -1.17. The molecule has 142 valence electrons. The zero-order chi connectivity index (χ0) is 19.1. The average Bonchev–Trinajstić information content (AvgIpc) is 2.62. The van der Waals surface area contributed by atoms with E-state index >= 15 is 0 Å². The Kier molecular flexibility index (Phi) is 7.30. The Hall–Kier alpha value is -2.24. The molecule has 1 fully saturated rings. The fourth-order valence-electron chi connectivity index (χ4n) is 3.14. The first-order valence-corrected chi connectivity index (χ1v) is 9.15. The van der Waals surface area contributed by atoms with E-state index in [0.717, 1.165) is 19.3 Å². The number of halogens is 1. The highest BCUT2D eigenvalue weighted by molar-refractivity contribution is 5.97. The monoisotopic (exact) mass is 363 g/mol. The lowest BCUT2D eigenvalue weighted by molar-refractivity contribution is -0.155. The Balaban J connectivity index is 1.74. The molecular formula is C20H26FNO4. The Morgan fingerprint density at radius 3 is 2.46 bits per heavy atom. The van der Waals surface area contributed by atoms with Gasteiger partial charge in [-0.3, -0.25) is 14.4 Å². The molecule has 26 heavy (non-hydrogen) atoms. The predicted molar refractivity (Wildman–Crippen MR) is 95.1 cm³/mol. The maximum Gasteiger partial charge on any atom is 0.307 e. The van der Waals surface area contributed by atoms with Crippen molar-refractivity contribution in [2.75, 3.05) is 0 Å². The number of ketones is 1. The number of hydrogen-bond donors (Lipinski definition) is 1. The van der Waals surface area contributed by atoms with Crippen LogP contribution in [0.4, 0.5) is 4.39 Å². The van der Waals surface area contributed by atoms with Crippen LogP contribution in [0.2, 0.25) is 0 Å². The molecule has 0 heterocycles. The molecule has 1 aromatic carbocycles. The third-order valence-electron chi connectivity index (χ3n) is 4.84. The topological polar surface area (TPSA) is 72.5 Å². The molecule has 1 aromatic rings. The van der Waals surface area contributed by atoms with E-state index in [0.29, 0.717) is 11.5 Å². The van der Waals surface area contributed by atoms with Crippen LogP contribution in [-0.2, 0) is 14.3 Å². The van der Waals surface area contributed by atoms with Crippen molar-refractivity contribution in [3.05, 3.63) is 35.6 Å². The Morgan fingerprint density at radius 1 is 1.15 bits per heavy atom. The quantitative estimate of drug-likeness (QED) is 0.595. The second-order valence-corrected chi connectivity index (χ2v) is 6.94. The SMILES string of the molecule is C[C@@H](OC(=O)CCC(=O)c1ccc(F)cc1)C(=O)N[C@H]1CCCC[C@@H]1C. The van der Waals surface area contributed by atoms with E-state index in [1.807, 2.05) is 0 Å². The van der Waals surface area contributed by atoms with E-state index < -0.39 is 17.9 Å². The van der Waals surface area contributed by atoms with Crippen LogP contribution >= 0.6 is 0 Å². The summed E-state index contributed by atoms with van der Waals surface area (Å²) >= 11 is 0. The van der Waals surface area contributed by atoms with Gasteiger partial charge in [-0.05, 0) is 49.9 Å². The lowest BCUT2D eigenvalue weighted by atomic mass is 9.86.